The number of hydrogen-bond donors (Lipinski definition) is 1. The normalized spacial score (nSPS) is 11.4. The van der Waals surface area contributed by atoms with Crippen molar-refractivity contribution >= 4 is 50.5 Å². The van der Waals surface area contributed by atoms with Crippen LogP contribution in [0.2, 0.25) is 0 Å². The molecule has 0 saturated heterocycles. The van der Waals surface area contributed by atoms with Gasteiger partial charge in [0, 0.05) is 4.88 Å². The van der Waals surface area contributed by atoms with Gasteiger partial charge in [-0.15, -0.1) is 32.9 Å². The van der Waals surface area contributed by atoms with Crippen molar-refractivity contribution in [3.05, 3.63) is 69.7 Å². The van der Waals surface area contributed by atoms with Gasteiger partial charge in [-0.25, -0.2) is 9.97 Å². The van der Waals surface area contributed by atoms with Crippen LogP contribution in [0.3, 0.4) is 0 Å². The van der Waals surface area contributed by atoms with E-state index >= 15 is 0 Å². The molecule has 6 nitrogen and oxygen atoms in total. The van der Waals surface area contributed by atoms with Crippen LogP contribution < -0.4 is 5.73 Å². The summed E-state index contributed by atoms with van der Waals surface area (Å²) in [4.78, 5) is 12.6. The smallest absolute Gasteiger partial charge is 0.192 e. The molecule has 0 fully saturated rings. The lowest BCUT2D eigenvalue weighted by Crippen LogP contribution is -2.04. The van der Waals surface area contributed by atoms with E-state index in [9.17, 15) is 0 Å². The second kappa shape index (κ2) is 8.41. The lowest BCUT2D eigenvalue weighted by molar-refractivity contribution is 0.715. The fraction of sp³-hybridized carbons (Fsp3) is 0.182. The number of nitrogen functional groups attached to an aromatic ring is 1. The van der Waals surface area contributed by atoms with E-state index in [1.807, 2.05) is 24.3 Å². The largest absolute Gasteiger partial charge is 0.383 e. The van der Waals surface area contributed by atoms with Gasteiger partial charge in [-0.3, -0.25) is 4.57 Å². The highest BCUT2D eigenvalue weighted by Crippen LogP contribution is 2.33. The Labute approximate surface area is 192 Å². The van der Waals surface area contributed by atoms with E-state index in [1.165, 1.54) is 16.0 Å². The number of aryl methyl sites for hydroxylation is 2. The average Bonchev–Trinajstić information content (AvgIpc) is 3.48. The molecule has 5 aromatic rings. The minimum absolute atomic E-state index is 0.549. The van der Waals surface area contributed by atoms with Gasteiger partial charge in [0.05, 0.1) is 22.6 Å². The van der Waals surface area contributed by atoms with Crippen LogP contribution in [0.4, 0.5) is 5.82 Å². The third-order valence-corrected chi connectivity index (χ3v) is 8.00. The van der Waals surface area contributed by atoms with Gasteiger partial charge in [-0.2, -0.15) is 0 Å². The number of thioether (sulfide) groups is 1. The van der Waals surface area contributed by atoms with Crippen LogP contribution in [-0.4, -0.2) is 24.7 Å². The zero-order valence-corrected chi connectivity index (χ0v) is 19.5. The molecule has 156 valence electrons. The first kappa shape index (κ1) is 20.2. The minimum Gasteiger partial charge on any atom is -0.383 e. The fourth-order valence-corrected chi connectivity index (χ4v) is 5.98. The molecule has 0 aliphatic heterocycles. The number of fused-ring (bicyclic) bond motifs is 1. The Balaban J connectivity index is 1.46. The number of nitrogens with zero attached hydrogens (tertiary/aromatic N) is 5. The van der Waals surface area contributed by atoms with E-state index in [4.69, 9.17) is 10.7 Å². The predicted molar refractivity (Wildman–Crippen MR) is 130 cm³/mol. The van der Waals surface area contributed by atoms with Crippen molar-refractivity contribution in [1.29, 1.82) is 0 Å². The van der Waals surface area contributed by atoms with Crippen LogP contribution >= 0.6 is 34.4 Å². The fourth-order valence-electron chi connectivity index (χ4n) is 3.41. The molecular formula is C22H20N6S3. The first-order valence-corrected chi connectivity index (χ1v) is 12.4. The van der Waals surface area contributed by atoms with E-state index in [2.05, 4.69) is 57.2 Å². The van der Waals surface area contributed by atoms with Crippen molar-refractivity contribution in [2.24, 2.45) is 0 Å². The Morgan fingerprint density at radius 2 is 1.87 bits per heavy atom. The Bertz CT molecular complexity index is 1340. The van der Waals surface area contributed by atoms with Crippen molar-refractivity contribution in [3.63, 3.8) is 0 Å². The molecule has 4 aromatic heterocycles. The van der Waals surface area contributed by atoms with Gasteiger partial charge in [0.2, 0.25) is 0 Å². The molecule has 31 heavy (non-hydrogen) atoms. The van der Waals surface area contributed by atoms with Crippen molar-refractivity contribution < 1.29 is 0 Å². The van der Waals surface area contributed by atoms with Crippen molar-refractivity contribution in [2.45, 2.75) is 31.3 Å². The summed E-state index contributed by atoms with van der Waals surface area (Å²) in [5.41, 5.74) is 8.62. The first-order valence-electron chi connectivity index (χ1n) is 9.76. The number of aromatic nitrogens is 5. The molecule has 9 heteroatoms. The Morgan fingerprint density at radius 1 is 1.03 bits per heavy atom. The first-order chi connectivity index (χ1) is 15.1. The molecule has 0 amide bonds. The molecule has 0 bridgehead atoms. The quantitative estimate of drug-likeness (QED) is 0.332. The molecule has 0 atom stereocenters. The highest BCUT2D eigenvalue weighted by atomic mass is 32.2. The minimum atomic E-state index is 0.549. The summed E-state index contributed by atoms with van der Waals surface area (Å²) in [7, 11) is 0. The maximum absolute atomic E-state index is 6.26. The zero-order chi connectivity index (χ0) is 21.4. The Morgan fingerprint density at radius 3 is 2.65 bits per heavy atom. The lowest BCUT2D eigenvalue weighted by Gasteiger charge is -2.09. The van der Waals surface area contributed by atoms with E-state index in [-0.39, 0.29) is 0 Å². The van der Waals surface area contributed by atoms with Crippen LogP contribution in [0.5, 0.6) is 0 Å². The summed E-state index contributed by atoms with van der Waals surface area (Å²) in [6, 6.07) is 14.5. The van der Waals surface area contributed by atoms with Crippen molar-refractivity contribution in [1.82, 2.24) is 24.7 Å². The summed E-state index contributed by atoms with van der Waals surface area (Å²) < 4.78 is 2.16. The van der Waals surface area contributed by atoms with E-state index in [1.54, 1.807) is 34.4 Å². The summed E-state index contributed by atoms with van der Waals surface area (Å²) in [5, 5.41) is 12.8. The Hall–Kier alpha value is -2.75. The van der Waals surface area contributed by atoms with Crippen LogP contribution in [-0.2, 0) is 12.3 Å². The average molecular weight is 465 g/mol. The second-order valence-electron chi connectivity index (χ2n) is 7.13. The molecule has 2 N–H and O–H groups in total. The second-order valence-corrected chi connectivity index (χ2v) is 10.2. The van der Waals surface area contributed by atoms with Gasteiger partial charge in [0.15, 0.2) is 11.0 Å². The zero-order valence-electron chi connectivity index (χ0n) is 17.1. The topological polar surface area (TPSA) is 82.5 Å². The SMILES string of the molecule is Cc1sc2nc(CSc3nnc(-c4cccs4)n3Cc3ccccc3)nc(N)c2c1C. The number of anilines is 1. The predicted octanol–water partition coefficient (Wildman–Crippen LogP) is 5.55. The van der Waals surface area contributed by atoms with Crippen LogP contribution in [0.15, 0.2) is 53.0 Å². The summed E-state index contributed by atoms with van der Waals surface area (Å²) in [6.45, 7) is 4.86. The van der Waals surface area contributed by atoms with Gasteiger partial charge in [-0.1, -0.05) is 48.2 Å². The molecule has 0 spiro atoms. The molecule has 0 aliphatic carbocycles. The van der Waals surface area contributed by atoms with Crippen molar-refractivity contribution in [2.75, 3.05) is 5.73 Å². The van der Waals surface area contributed by atoms with Crippen LogP contribution in [0.1, 0.15) is 21.8 Å². The summed E-state index contributed by atoms with van der Waals surface area (Å²) in [5.74, 6) is 2.71. The molecule has 0 radical (unpaired) electrons. The highest BCUT2D eigenvalue weighted by Gasteiger charge is 2.17. The van der Waals surface area contributed by atoms with Gasteiger partial charge in [0.25, 0.3) is 0 Å². The van der Waals surface area contributed by atoms with E-state index in [0.717, 1.165) is 26.1 Å². The number of hydrogen-bond acceptors (Lipinski definition) is 8. The van der Waals surface area contributed by atoms with Crippen LogP contribution in [0, 0.1) is 13.8 Å². The molecule has 5 rings (SSSR count). The maximum atomic E-state index is 6.26. The third kappa shape index (κ3) is 3.96. The number of rotatable bonds is 6. The number of thiophene rings is 2. The monoisotopic (exact) mass is 464 g/mol. The summed E-state index contributed by atoms with van der Waals surface area (Å²) in [6.07, 6.45) is 0. The third-order valence-electron chi connectivity index (χ3n) is 5.08. The molecule has 0 unspecified atom stereocenters. The van der Waals surface area contributed by atoms with Gasteiger partial charge in [0.1, 0.15) is 16.5 Å². The van der Waals surface area contributed by atoms with E-state index < -0.39 is 0 Å². The summed E-state index contributed by atoms with van der Waals surface area (Å²) >= 11 is 4.91. The maximum Gasteiger partial charge on any atom is 0.192 e. The van der Waals surface area contributed by atoms with Gasteiger partial charge in [-0.05, 0) is 36.4 Å². The van der Waals surface area contributed by atoms with Crippen molar-refractivity contribution in [3.8, 4) is 10.7 Å². The molecule has 0 aliphatic rings. The van der Waals surface area contributed by atoms with E-state index in [0.29, 0.717) is 23.9 Å². The molecule has 4 heterocycles. The highest BCUT2D eigenvalue weighted by molar-refractivity contribution is 7.98. The number of benzene rings is 1. The lowest BCUT2D eigenvalue weighted by atomic mass is 10.2. The van der Waals surface area contributed by atoms with Gasteiger partial charge >= 0.3 is 0 Å². The molecule has 0 saturated carbocycles. The number of nitrogens with two attached hydrogens (primary N) is 1. The van der Waals surface area contributed by atoms with Gasteiger partial charge < -0.3 is 5.73 Å². The van der Waals surface area contributed by atoms with Crippen LogP contribution in [0.25, 0.3) is 20.9 Å². The Kier molecular flexibility index (Phi) is 5.47. The standard InChI is InChI=1S/C22H20N6S3/c1-13-14(2)31-21-18(13)19(23)24-17(25-21)12-30-22-27-26-20(16-9-6-10-29-16)28(22)11-15-7-4-3-5-8-15/h3-10H,11-12H2,1-2H3,(H2,23,24,25). The molecular weight excluding hydrogens is 444 g/mol. The molecule has 1 aromatic carbocycles.